The van der Waals surface area contributed by atoms with Crippen LogP contribution in [0.15, 0.2) is 64.6 Å². The molecule has 0 aliphatic heterocycles. The largest absolute Gasteiger partial charge is 0.467 e. The second-order valence-corrected chi connectivity index (χ2v) is 7.30. The second kappa shape index (κ2) is 8.70. The number of likely N-dealkylation sites (N-methyl/N-ethyl adjacent to an activating group) is 1. The van der Waals surface area contributed by atoms with Crippen molar-refractivity contribution in [3.8, 4) is 10.7 Å². The van der Waals surface area contributed by atoms with E-state index in [1.165, 1.54) is 21.0 Å². The van der Waals surface area contributed by atoms with E-state index < -0.39 is 0 Å². The fourth-order valence-corrected chi connectivity index (χ4v) is 3.46. The molecular formula is C20H18N6O3S. The van der Waals surface area contributed by atoms with Gasteiger partial charge in [-0.2, -0.15) is 4.80 Å². The van der Waals surface area contributed by atoms with E-state index in [4.69, 9.17) is 4.42 Å². The van der Waals surface area contributed by atoms with Crippen LogP contribution in [0.1, 0.15) is 16.1 Å². The Morgan fingerprint density at radius 1 is 1.17 bits per heavy atom. The van der Waals surface area contributed by atoms with Gasteiger partial charge in [-0.3, -0.25) is 9.59 Å². The van der Waals surface area contributed by atoms with Crippen molar-refractivity contribution in [1.82, 2.24) is 25.5 Å². The quantitative estimate of drug-likeness (QED) is 0.491. The minimum atomic E-state index is -0.305. The van der Waals surface area contributed by atoms with Gasteiger partial charge in [-0.1, -0.05) is 18.2 Å². The molecule has 0 atom stereocenters. The molecular weight excluding hydrogens is 404 g/mol. The highest BCUT2D eigenvalue weighted by Gasteiger charge is 2.20. The molecule has 0 aliphatic rings. The molecule has 4 aromatic rings. The van der Waals surface area contributed by atoms with Crippen LogP contribution in [0.3, 0.4) is 0 Å². The highest BCUT2D eigenvalue weighted by atomic mass is 32.1. The van der Waals surface area contributed by atoms with Crippen LogP contribution in [0.5, 0.6) is 0 Å². The van der Waals surface area contributed by atoms with E-state index >= 15 is 0 Å². The third-order valence-electron chi connectivity index (χ3n) is 4.36. The fourth-order valence-electron chi connectivity index (χ4n) is 2.81. The minimum absolute atomic E-state index is 0.1000. The molecule has 152 valence electrons. The van der Waals surface area contributed by atoms with Crippen molar-refractivity contribution in [1.29, 1.82) is 0 Å². The SMILES string of the molecule is CN(C(=O)Cn1nnc(-c2cccs2)n1)c1ccccc1C(=O)NCc1ccco1. The molecule has 0 fully saturated rings. The normalized spacial score (nSPS) is 10.7. The number of aromatic nitrogens is 4. The average molecular weight is 422 g/mol. The van der Waals surface area contributed by atoms with E-state index in [-0.39, 0.29) is 24.9 Å². The predicted octanol–water partition coefficient (Wildman–Crippen LogP) is 2.59. The molecule has 30 heavy (non-hydrogen) atoms. The third-order valence-corrected chi connectivity index (χ3v) is 5.22. The predicted molar refractivity (Wildman–Crippen MR) is 111 cm³/mol. The molecule has 0 aliphatic carbocycles. The maximum Gasteiger partial charge on any atom is 0.253 e. The lowest BCUT2D eigenvalue weighted by molar-refractivity contribution is -0.119. The van der Waals surface area contributed by atoms with Gasteiger partial charge in [0.05, 0.1) is 28.9 Å². The molecule has 0 saturated carbocycles. The van der Waals surface area contributed by atoms with Gasteiger partial charge in [0.2, 0.25) is 11.7 Å². The maximum atomic E-state index is 12.8. The molecule has 0 saturated heterocycles. The van der Waals surface area contributed by atoms with Gasteiger partial charge in [0.25, 0.3) is 5.91 Å². The highest BCUT2D eigenvalue weighted by molar-refractivity contribution is 7.13. The Labute approximate surface area is 175 Å². The van der Waals surface area contributed by atoms with Crippen LogP contribution in [0.4, 0.5) is 5.69 Å². The first-order valence-electron chi connectivity index (χ1n) is 9.09. The molecule has 4 rings (SSSR count). The molecule has 0 bridgehead atoms. The monoisotopic (exact) mass is 422 g/mol. The topological polar surface area (TPSA) is 106 Å². The van der Waals surface area contributed by atoms with Crippen molar-refractivity contribution in [2.24, 2.45) is 0 Å². The molecule has 1 aromatic carbocycles. The number of nitrogens with one attached hydrogen (secondary N) is 1. The van der Waals surface area contributed by atoms with Crippen LogP contribution >= 0.6 is 11.3 Å². The number of benzene rings is 1. The van der Waals surface area contributed by atoms with E-state index in [2.05, 4.69) is 20.7 Å². The third kappa shape index (κ3) is 4.28. The van der Waals surface area contributed by atoms with E-state index in [1.807, 2.05) is 17.5 Å². The summed E-state index contributed by atoms with van der Waals surface area (Å²) < 4.78 is 5.23. The number of tetrazole rings is 1. The number of thiophene rings is 1. The van der Waals surface area contributed by atoms with Gasteiger partial charge in [-0.15, -0.1) is 21.5 Å². The number of amides is 2. The number of nitrogens with zero attached hydrogens (tertiary/aromatic N) is 5. The van der Waals surface area contributed by atoms with Crippen molar-refractivity contribution in [2.75, 3.05) is 11.9 Å². The van der Waals surface area contributed by atoms with Crippen LogP contribution in [0, 0.1) is 0 Å². The van der Waals surface area contributed by atoms with Crippen LogP contribution in [0.2, 0.25) is 0 Å². The van der Waals surface area contributed by atoms with E-state index in [0.29, 0.717) is 22.8 Å². The molecule has 10 heteroatoms. The summed E-state index contributed by atoms with van der Waals surface area (Å²) in [6.45, 7) is 0.156. The van der Waals surface area contributed by atoms with Gasteiger partial charge < -0.3 is 14.6 Å². The van der Waals surface area contributed by atoms with Gasteiger partial charge in [-0.05, 0) is 40.9 Å². The Bertz CT molecular complexity index is 1140. The Hall–Kier alpha value is -3.79. The zero-order valence-corrected chi connectivity index (χ0v) is 16.9. The molecule has 0 unspecified atom stereocenters. The van der Waals surface area contributed by atoms with Crippen LogP contribution < -0.4 is 10.2 Å². The van der Waals surface area contributed by atoms with Crippen molar-refractivity contribution < 1.29 is 14.0 Å². The van der Waals surface area contributed by atoms with Crippen molar-refractivity contribution >= 4 is 28.8 Å². The molecule has 9 nitrogen and oxygen atoms in total. The smallest absolute Gasteiger partial charge is 0.253 e. The zero-order chi connectivity index (χ0) is 20.9. The first-order valence-corrected chi connectivity index (χ1v) is 9.97. The van der Waals surface area contributed by atoms with Gasteiger partial charge in [0, 0.05) is 7.05 Å². The summed E-state index contributed by atoms with van der Waals surface area (Å²) in [4.78, 5) is 29.0. The number of hydrogen-bond donors (Lipinski definition) is 1. The van der Waals surface area contributed by atoms with E-state index in [1.54, 1.807) is 49.7 Å². The van der Waals surface area contributed by atoms with E-state index in [0.717, 1.165) is 4.88 Å². The molecule has 2 amide bonds. The summed E-state index contributed by atoms with van der Waals surface area (Å²) in [6.07, 6.45) is 1.55. The number of carbonyl (C=O) groups excluding carboxylic acids is 2. The highest BCUT2D eigenvalue weighted by Crippen LogP contribution is 2.21. The Morgan fingerprint density at radius 2 is 2.03 bits per heavy atom. The molecule has 0 spiro atoms. The van der Waals surface area contributed by atoms with Gasteiger partial charge in [0.15, 0.2) is 0 Å². The first kappa shape index (κ1) is 19.5. The standard InChI is InChI=1S/C20H18N6O3S/c1-25(18(27)13-26-23-19(22-24-26)17-9-5-11-30-17)16-8-3-2-7-15(16)20(28)21-12-14-6-4-10-29-14/h2-11H,12-13H2,1H3,(H,21,28). The molecule has 3 heterocycles. The van der Waals surface area contributed by atoms with Crippen molar-refractivity contribution in [3.05, 3.63) is 71.5 Å². The summed E-state index contributed by atoms with van der Waals surface area (Å²) in [6, 6.07) is 14.2. The Balaban J connectivity index is 1.45. The van der Waals surface area contributed by atoms with Gasteiger partial charge in [0.1, 0.15) is 12.3 Å². The van der Waals surface area contributed by atoms with Crippen LogP contribution in [0.25, 0.3) is 10.7 Å². The number of para-hydroxylation sites is 1. The van der Waals surface area contributed by atoms with Crippen LogP contribution in [-0.2, 0) is 17.9 Å². The van der Waals surface area contributed by atoms with E-state index in [9.17, 15) is 9.59 Å². The lowest BCUT2D eigenvalue weighted by atomic mass is 10.1. The maximum absolute atomic E-state index is 12.8. The number of hydrogen-bond acceptors (Lipinski definition) is 7. The van der Waals surface area contributed by atoms with Gasteiger partial charge >= 0.3 is 0 Å². The van der Waals surface area contributed by atoms with Gasteiger partial charge in [-0.25, -0.2) is 0 Å². The Morgan fingerprint density at radius 3 is 2.80 bits per heavy atom. The summed E-state index contributed by atoms with van der Waals surface area (Å²) >= 11 is 1.50. The molecule has 1 N–H and O–H groups in total. The summed E-state index contributed by atoms with van der Waals surface area (Å²) in [5.74, 6) is 0.527. The second-order valence-electron chi connectivity index (χ2n) is 6.35. The zero-order valence-electron chi connectivity index (χ0n) is 16.1. The molecule has 0 radical (unpaired) electrons. The van der Waals surface area contributed by atoms with Crippen molar-refractivity contribution in [2.45, 2.75) is 13.1 Å². The number of anilines is 1. The lowest BCUT2D eigenvalue weighted by Crippen LogP contribution is -2.33. The number of rotatable bonds is 7. The Kier molecular flexibility index (Phi) is 5.66. The first-order chi connectivity index (χ1) is 14.6. The lowest BCUT2D eigenvalue weighted by Gasteiger charge is -2.20. The molecule has 3 aromatic heterocycles. The summed E-state index contributed by atoms with van der Waals surface area (Å²) in [5.41, 5.74) is 0.865. The summed E-state index contributed by atoms with van der Waals surface area (Å²) in [7, 11) is 1.61. The summed E-state index contributed by atoms with van der Waals surface area (Å²) in [5, 5.41) is 16.9. The number of carbonyl (C=O) groups is 2. The van der Waals surface area contributed by atoms with Crippen LogP contribution in [-0.4, -0.2) is 39.1 Å². The minimum Gasteiger partial charge on any atom is -0.467 e. The van der Waals surface area contributed by atoms with Crippen molar-refractivity contribution in [3.63, 3.8) is 0 Å². The fraction of sp³-hybridized carbons (Fsp3) is 0.150. The average Bonchev–Trinajstić information content (AvgIpc) is 3.54. The number of furan rings is 1.